The minimum Gasteiger partial charge on any atom is -0.258 e. The highest BCUT2D eigenvalue weighted by Crippen LogP contribution is 2.21. The van der Waals surface area contributed by atoms with Crippen LogP contribution in [0.2, 0.25) is 0 Å². The van der Waals surface area contributed by atoms with Crippen molar-refractivity contribution in [1.29, 1.82) is 0 Å². The van der Waals surface area contributed by atoms with E-state index in [1.54, 1.807) is 0 Å². The van der Waals surface area contributed by atoms with Crippen LogP contribution < -0.4 is 0 Å². The number of allylic oxidation sites excluding steroid dienone is 6. The number of hydrogen-bond acceptors (Lipinski definition) is 1. The van der Waals surface area contributed by atoms with Crippen molar-refractivity contribution < 1.29 is 0 Å². The number of nitrogens with zero attached hydrogens (tertiary/aromatic N) is 1. The zero-order valence-electron chi connectivity index (χ0n) is 6.62. The van der Waals surface area contributed by atoms with E-state index in [0.717, 1.165) is 12.1 Å². The Morgan fingerprint density at radius 1 is 1.45 bits per heavy atom. The number of fused-ring (bicyclic) bond motifs is 1. The summed E-state index contributed by atoms with van der Waals surface area (Å²) in [7, 11) is 0. The Balaban J connectivity index is 2.33. The van der Waals surface area contributed by atoms with Gasteiger partial charge < -0.3 is 0 Å². The second-order valence-corrected chi connectivity index (χ2v) is 2.97. The lowest BCUT2D eigenvalue weighted by Crippen LogP contribution is -2.14. The van der Waals surface area contributed by atoms with Crippen LogP contribution in [0.1, 0.15) is 13.3 Å². The highest BCUT2D eigenvalue weighted by molar-refractivity contribution is 6.00. The summed E-state index contributed by atoms with van der Waals surface area (Å²) in [6, 6.07) is 0. The summed E-state index contributed by atoms with van der Waals surface area (Å²) in [5, 5.41) is 0. The van der Waals surface area contributed by atoms with Gasteiger partial charge in [0.15, 0.2) is 0 Å². The minimum absolute atomic E-state index is 0.545. The van der Waals surface area contributed by atoms with Crippen molar-refractivity contribution in [1.82, 2.24) is 0 Å². The van der Waals surface area contributed by atoms with Gasteiger partial charge in [-0.25, -0.2) is 0 Å². The monoisotopic (exact) mass is 145 g/mol. The van der Waals surface area contributed by atoms with E-state index >= 15 is 0 Å². The van der Waals surface area contributed by atoms with E-state index in [1.165, 1.54) is 5.71 Å². The van der Waals surface area contributed by atoms with Gasteiger partial charge >= 0.3 is 0 Å². The molecule has 1 aliphatic carbocycles. The van der Waals surface area contributed by atoms with Gasteiger partial charge in [0, 0.05) is 17.3 Å². The fourth-order valence-electron chi connectivity index (χ4n) is 1.44. The molecule has 0 aromatic heterocycles. The smallest absolute Gasteiger partial charge is 0.0478 e. The minimum atomic E-state index is 0.545. The van der Waals surface area contributed by atoms with E-state index in [-0.39, 0.29) is 0 Å². The molecule has 0 bridgehead atoms. The summed E-state index contributed by atoms with van der Waals surface area (Å²) in [6.45, 7) is 2.05. The van der Waals surface area contributed by atoms with Gasteiger partial charge in [-0.3, -0.25) is 4.99 Å². The third kappa shape index (κ3) is 1.18. The van der Waals surface area contributed by atoms with Crippen LogP contribution in [0.15, 0.2) is 41.1 Å². The molecule has 1 heteroatoms. The Kier molecular flexibility index (Phi) is 1.50. The van der Waals surface area contributed by atoms with E-state index in [2.05, 4.69) is 36.2 Å². The summed E-state index contributed by atoms with van der Waals surface area (Å²) in [4.78, 5) is 4.44. The summed E-state index contributed by atoms with van der Waals surface area (Å²) in [5.74, 6) is 0.545. The van der Waals surface area contributed by atoms with Crippen LogP contribution in [0, 0.1) is 5.92 Å². The van der Waals surface area contributed by atoms with Crippen molar-refractivity contribution in [3.63, 3.8) is 0 Å². The molecular formula is C10H11N. The van der Waals surface area contributed by atoms with Crippen molar-refractivity contribution in [2.45, 2.75) is 13.3 Å². The maximum atomic E-state index is 4.44. The van der Waals surface area contributed by atoms with E-state index in [0.29, 0.717) is 5.92 Å². The summed E-state index contributed by atoms with van der Waals surface area (Å²) >= 11 is 0. The molecule has 0 radical (unpaired) electrons. The van der Waals surface area contributed by atoms with Gasteiger partial charge in [0.1, 0.15) is 0 Å². The fraction of sp³-hybridized carbons (Fsp3) is 0.300. The Morgan fingerprint density at radius 2 is 2.36 bits per heavy atom. The number of rotatable bonds is 0. The number of hydrogen-bond donors (Lipinski definition) is 0. The first-order chi connectivity index (χ1) is 5.36. The maximum Gasteiger partial charge on any atom is 0.0478 e. The molecule has 2 rings (SSSR count). The lowest BCUT2D eigenvalue weighted by atomic mass is 9.93. The van der Waals surface area contributed by atoms with Gasteiger partial charge in [0.05, 0.1) is 0 Å². The van der Waals surface area contributed by atoms with E-state index in [1.807, 2.05) is 6.08 Å². The molecule has 0 N–H and O–H groups in total. The molecule has 1 nitrogen and oxygen atoms in total. The second kappa shape index (κ2) is 2.50. The molecule has 1 unspecified atom stereocenters. The standard InChI is InChI=1S/C10H11N/c1-8-6-7-9-4-2-3-5-10(9)11-8/h2-6,9H,7H2,1H3. The van der Waals surface area contributed by atoms with Crippen molar-refractivity contribution in [2.24, 2.45) is 10.9 Å². The number of aliphatic imine (C=N–C) groups is 1. The SMILES string of the molecule is CC1=CCC2C=CC=CC2=N1. The first-order valence-corrected chi connectivity index (χ1v) is 3.96. The fourth-order valence-corrected chi connectivity index (χ4v) is 1.44. The summed E-state index contributed by atoms with van der Waals surface area (Å²) < 4.78 is 0. The summed E-state index contributed by atoms with van der Waals surface area (Å²) in [5.41, 5.74) is 2.36. The van der Waals surface area contributed by atoms with Crippen LogP contribution >= 0.6 is 0 Å². The largest absolute Gasteiger partial charge is 0.258 e. The average molecular weight is 145 g/mol. The lowest BCUT2D eigenvalue weighted by molar-refractivity contribution is 0.846. The molecule has 0 amide bonds. The molecule has 0 aromatic carbocycles. The van der Waals surface area contributed by atoms with Crippen LogP contribution in [0.4, 0.5) is 0 Å². The zero-order chi connectivity index (χ0) is 7.68. The molecule has 11 heavy (non-hydrogen) atoms. The molecule has 1 heterocycles. The van der Waals surface area contributed by atoms with Crippen LogP contribution in [-0.2, 0) is 0 Å². The van der Waals surface area contributed by atoms with Gasteiger partial charge in [-0.1, -0.05) is 24.3 Å². The highest BCUT2D eigenvalue weighted by Gasteiger charge is 2.14. The maximum absolute atomic E-state index is 4.44. The topological polar surface area (TPSA) is 12.4 Å². The average Bonchev–Trinajstić information content (AvgIpc) is 2.04. The van der Waals surface area contributed by atoms with Crippen molar-refractivity contribution in [3.05, 3.63) is 36.1 Å². The third-order valence-electron chi connectivity index (χ3n) is 2.07. The van der Waals surface area contributed by atoms with Crippen LogP contribution in [0.3, 0.4) is 0 Å². The molecule has 1 aliphatic heterocycles. The summed E-state index contributed by atoms with van der Waals surface area (Å²) in [6.07, 6.45) is 11.8. The van der Waals surface area contributed by atoms with E-state index in [4.69, 9.17) is 0 Å². The van der Waals surface area contributed by atoms with E-state index in [9.17, 15) is 0 Å². The van der Waals surface area contributed by atoms with Gasteiger partial charge in [0.2, 0.25) is 0 Å². The Morgan fingerprint density at radius 3 is 3.27 bits per heavy atom. The first kappa shape index (κ1) is 6.59. The molecule has 0 aromatic rings. The molecule has 2 aliphatic rings. The molecule has 56 valence electrons. The Hall–Kier alpha value is -1.11. The van der Waals surface area contributed by atoms with Gasteiger partial charge in [-0.15, -0.1) is 0 Å². The predicted molar refractivity (Wildman–Crippen MR) is 47.6 cm³/mol. The molecular weight excluding hydrogens is 134 g/mol. The van der Waals surface area contributed by atoms with Gasteiger partial charge in [0.25, 0.3) is 0 Å². The van der Waals surface area contributed by atoms with Crippen molar-refractivity contribution >= 4 is 5.71 Å². The Bertz CT molecular complexity index is 279. The van der Waals surface area contributed by atoms with Gasteiger partial charge in [-0.05, 0) is 19.4 Å². The lowest BCUT2D eigenvalue weighted by Gasteiger charge is -2.17. The highest BCUT2D eigenvalue weighted by atomic mass is 14.8. The van der Waals surface area contributed by atoms with Crippen molar-refractivity contribution in [2.75, 3.05) is 0 Å². The van der Waals surface area contributed by atoms with Crippen LogP contribution in [0.5, 0.6) is 0 Å². The predicted octanol–water partition coefficient (Wildman–Crippen LogP) is 2.48. The van der Waals surface area contributed by atoms with Crippen molar-refractivity contribution in [3.8, 4) is 0 Å². The molecule has 0 spiro atoms. The van der Waals surface area contributed by atoms with Crippen LogP contribution in [-0.4, -0.2) is 5.71 Å². The van der Waals surface area contributed by atoms with Crippen LogP contribution in [0.25, 0.3) is 0 Å². The third-order valence-corrected chi connectivity index (χ3v) is 2.07. The van der Waals surface area contributed by atoms with Gasteiger partial charge in [-0.2, -0.15) is 0 Å². The quantitative estimate of drug-likeness (QED) is 0.496. The molecule has 0 saturated carbocycles. The second-order valence-electron chi connectivity index (χ2n) is 2.97. The zero-order valence-corrected chi connectivity index (χ0v) is 6.62. The normalized spacial score (nSPS) is 27.5. The molecule has 0 fully saturated rings. The first-order valence-electron chi connectivity index (χ1n) is 3.96. The Labute approximate surface area is 66.8 Å². The molecule has 1 atom stereocenters. The van der Waals surface area contributed by atoms with E-state index < -0.39 is 0 Å². The molecule has 0 saturated heterocycles.